The number of carbonyl (C=O) groups excluding carboxylic acids is 2. The quantitative estimate of drug-likeness (QED) is 0.865. The van der Waals surface area contributed by atoms with Crippen molar-refractivity contribution in [1.29, 1.82) is 5.26 Å². The van der Waals surface area contributed by atoms with Gasteiger partial charge in [0.2, 0.25) is 0 Å². The first kappa shape index (κ1) is 13.7. The lowest BCUT2D eigenvalue weighted by atomic mass is 10.1. The van der Waals surface area contributed by atoms with Gasteiger partial charge in [-0.1, -0.05) is 23.9 Å². The topological polar surface area (TPSA) is 70.8 Å². The molecule has 0 amide bonds. The van der Waals surface area contributed by atoms with Crippen LogP contribution in [0, 0.1) is 11.3 Å². The van der Waals surface area contributed by atoms with Crippen LogP contribution in [0.15, 0.2) is 24.3 Å². The van der Waals surface area contributed by atoms with E-state index in [1.165, 1.54) is 18.3 Å². The third-order valence-electron chi connectivity index (χ3n) is 2.43. The summed E-state index contributed by atoms with van der Waals surface area (Å²) < 4.78 is 0.949. The second kappa shape index (κ2) is 5.95. The molecule has 1 aromatic heterocycles. The molecule has 0 bridgehead atoms. The van der Waals surface area contributed by atoms with Gasteiger partial charge in [0.25, 0.3) is 0 Å². The number of ketones is 1. The molecule has 4 nitrogen and oxygen atoms in total. The summed E-state index contributed by atoms with van der Waals surface area (Å²) in [6.45, 7) is 1.40. The van der Waals surface area contributed by atoms with Crippen molar-refractivity contribution in [2.45, 2.75) is 12.8 Å². The van der Waals surface area contributed by atoms with Crippen LogP contribution in [-0.4, -0.2) is 21.6 Å². The SMILES string of the molecule is CC(=O)SCC(=O)[C@@H](C#N)c1nc2ccccc2s1. The number of Topliss-reactive ketones (excluding diaryl/α,β-unsaturated/α-hetero) is 1. The Labute approximate surface area is 118 Å². The summed E-state index contributed by atoms with van der Waals surface area (Å²) in [7, 11) is 0. The van der Waals surface area contributed by atoms with E-state index >= 15 is 0 Å². The number of rotatable bonds is 4. The van der Waals surface area contributed by atoms with Crippen LogP contribution >= 0.6 is 23.1 Å². The second-order valence-electron chi connectivity index (χ2n) is 3.83. The maximum atomic E-state index is 11.9. The zero-order valence-corrected chi connectivity index (χ0v) is 11.8. The molecule has 6 heteroatoms. The molecule has 0 spiro atoms. The number of nitrogens with zero attached hydrogens (tertiary/aromatic N) is 2. The molecule has 2 rings (SSSR count). The van der Waals surface area contributed by atoms with Crippen molar-refractivity contribution in [2.75, 3.05) is 5.75 Å². The van der Waals surface area contributed by atoms with Gasteiger partial charge < -0.3 is 0 Å². The standard InChI is InChI=1S/C13H10N2O2S2/c1-8(16)18-7-11(17)9(6-14)13-15-10-4-2-3-5-12(10)19-13/h2-5,9H,7H2,1H3/t9-/m1/s1. The van der Waals surface area contributed by atoms with Crippen LogP contribution in [-0.2, 0) is 9.59 Å². The molecule has 96 valence electrons. The molecule has 0 aliphatic rings. The second-order valence-corrected chi connectivity index (χ2v) is 6.04. The molecule has 19 heavy (non-hydrogen) atoms. The van der Waals surface area contributed by atoms with E-state index in [-0.39, 0.29) is 16.7 Å². The van der Waals surface area contributed by atoms with Crippen LogP contribution in [0.3, 0.4) is 0 Å². The minimum Gasteiger partial charge on any atom is -0.297 e. The summed E-state index contributed by atoms with van der Waals surface area (Å²) >= 11 is 2.27. The van der Waals surface area contributed by atoms with E-state index in [0.717, 1.165) is 22.0 Å². The fourth-order valence-electron chi connectivity index (χ4n) is 1.53. The van der Waals surface area contributed by atoms with Gasteiger partial charge in [-0.15, -0.1) is 11.3 Å². The molecular weight excluding hydrogens is 280 g/mol. The van der Waals surface area contributed by atoms with Gasteiger partial charge in [-0.2, -0.15) is 5.26 Å². The number of hydrogen-bond donors (Lipinski definition) is 0. The number of benzene rings is 1. The summed E-state index contributed by atoms with van der Waals surface area (Å²) in [4.78, 5) is 27.1. The van der Waals surface area contributed by atoms with Crippen molar-refractivity contribution in [1.82, 2.24) is 4.98 Å². The highest BCUT2D eigenvalue weighted by Gasteiger charge is 2.24. The number of thioether (sulfide) groups is 1. The van der Waals surface area contributed by atoms with Crippen LogP contribution in [0.4, 0.5) is 0 Å². The van der Waals surface area contributed by atoms with Gasteiger partial charge in [0.1, 0.15) is 5.01 Å². The third kappa shape index (κ3) is 3.19. The maximum Gasteiger partial charge on any atom is 0.186 e. The molecule has 1 aromatic carbocycles. The first-order valence-electron chi connectivity index (χ1n) is 5.53. The van der Waals surface area contributed by atoms with Gasteiger partial charge in [-0.05, 0) is 12.1 Å². The molecule has 0 saturated heterocycles. The molecule has 0 radical (unpaired) electrons. The Balaban J connectivity index is 2.24. The first-order valence-corrected chi connectivity index (χ1v) is 7.33. The molecule has 0 unspecified atom stereocenters. The fraction of sp³-hybridized carbons (Fsp3) is 0.231. The Bertz CT molecular complexity index is 640. The minimum atomic E-state index is -0.885. The molecule has 0 fully saturated rings. The summed E-state index contributed by atoms with van der Waals surface area (Å²) in [5, 5.41) is 9.51. The van der Waals surface area contributed by atoms with Crippen LogP contribution < -0.4 is 0 Å². The predicted octanol–water partition coefficient (Wildman–Crippen LogP) is 2.75. The number of aromatic nitrogens is 1. The van der Waals surface area contributed by atoms with Crippen molar-refractivity contribution >= 4 is 44.2 Å². The van der Waals surface area contributed by atoms with E-state index in [1.807, 2.05) is 30.3 Å². The van der Waals surface area contributed by atoms with Crippen molar-refractivity contribution in [3.63, 3.8) is 0 Å². The lowest BCUT2D eigenvalue weighted by Gasteiger charge is -2.02. The largest absolute Gasteiger partial charge is 0.297 e. The zero-order valence-electron chi connectivity index (χ0n) is 10.1. The van der Waals surface area contributed by atoms with Crippen molar-refractivity contribution in [3.8, 4) is 6.07 Å². The van der Waals surface area contributed by atoms with E-state index in [2.05, 4.69) is 4.98 Å². The molecule has 0 aliphatic carbocycles. The van der Waals surface area contributed by atoms with Crippen molar-refractivity contribution in [2.24, 2.45) is 0 Å². The monoisotopic (exact) mass is 290 g/mol. The highest BCUT2D eigenvalue weighted by Crippen LogP contribution is 2.28. The van der Waals surface area contributed by atoms with E-state index in [4.69, 9.17) is 5.26 Å². The van der Waals surface area contributed by atoms with Gasteiger partial charge in [0.15, 0.2) is 16.8 Å². The molecule has 1 atom stereocenters. The lowest BCUT2D eigenvalue weighted by molar-refractivity contribution is -0.117. The normalized spacial score (nSPS) is 12.0. The van der Waals surface area contributed by atoms with Crippen LogP contribution in [0.2, 0.25) is 0 Å². The lowest BCUT2D eigenvalue weighted by Crippen LogP contribution is -2.13. The Hall–Kier alpha value is -1.71. The molecule has 0 N–H and O–H groups in total. The van der Waals surface area contributed by atoms with Crippen LogP contribution in [0.25, 0.3) is 10.2 Å². The zero-order chi connectivity index (χ0) is 13.8. The molecular formula is C13H10N2O2S2. The first-order chi connectivity index (χ1) is 9.11. The predicted molar refractivity (Wildman–Crippen MR) is 76.1 cm³/mol. The van der Waals surface area contributed by atoms with Gasteiger partial charge in [-0.3, -0.25) is 9.59 Å². The number of nitriles is 1. The van der Waals surface area contributed by atoms with Gasteiger partial charge in [0, 0.05) is 6.92 Å². The van der Waals surface area contributed by atoms with Gasteiger partial charge in [0.05, 0.1) is 22.0 Å². The van der Waals surface area contributed by atoms with E-state index in [1.54, 1.807) is 0 Å². The molecule has 2 aromatic rings. The van der Waals surface area contributed by atoms with Crippen molar-refractivity contribution < 1.29 is 9.59 Å². The van der Waals surface area contributed by atoms with Crippen molar-refractivity contribution in [3.05, 3.63) is 29.3 Å². The fourth-order valence-corrected chi connectivity index (χ4v) is 3.08. The number of fused-ring (bicyclic) bond motifs is 1. The number of para-hydroxylation sites is 1. The minimum absolute atomic E-state index is 0.0173. The van der Waals surface area contributed by atoms with Gasteiger partial charge in [-0.25, -0.2) is 4.98 Å². The average molecular weight is 290 g/mol. The Kier molecular flexibility index (Phi) is 4.30. The summed E-state index contributed by atoms with van der Waals surface area (Å²) in [5.41, 5.74) is 0.787. The number of thiazole rings is 1. The average Bonchev–Trinajstić information content (AvgIpc) is 2.80. The molecule has 0 saturated carbocycles. The Morgan fingerprint density at radius 3 is 2.84 bits per heavy atom. The number of carbonyl (C=O) groups is 2. The summed E-state index contributed by atoms with van der Waals surface area (Å²) in [5.74, 6) is -1.14. The van der Waals surface area contributed by atoms with E-state index in [9.17, 15) is 9.59 Å². The Morgan fingerprint density at radius 1 is 1.47 bits per heavy atom. The van der Waals surface area contributed by atoms with E-state index in [0.29, 0.717) is 5.01 Å². The number of hydrogen-bond acceptors (Lipinski definition) is 6. The van der Waals surface area contributed by atoms with Crippen LogP contribution in [0.1, 0.15) is 17.8 Å². The summed E-state index contributed by atoms with van der Waals surface area (Å²) in [6, 6.07) is 9.47. The molecule has 1 heterocycles. The molecule has 0 aliphatic heterocycles. The summed E-state index contributed by atoms with van der Waals surface area (Å²) in [6.07, 6.45) is 0. The van der Waals surface area contributed by atoms with E-state index < -0.39 is 5.92 Å². The van der Waals surface area contributed by atoms with Gasteiger partial charge >= 0.3 is 0 Å². The Morgan fingerprint density at radius 2 is 2.21 bits per heavy atom. The smallest absolute Gasteiger partial charge is 0.186 e. The highest BCUT2D eigenvalue weighted by atomic mass is 32.2. The third-order valence-corrected chi connectivity index (χ3v) is 4.36. The highest BCUT2D eigenvalue weighted by molar-refractivity contribution is 8.14. The maximum absolute atomic E-state index is 11.9. The van der Waals surface area contributed by atoms with Crippen LogP contribution in [0.5, 0.6) is 0 Å².